The van der Waals surface area contributed by atoms with Gasteiger partial charge in [0.1, 0.15) is 11.6 Å². The normalized spacial score (nSPS) is 13.4. The van der Waals surface area contributed by atoms with Gasteiger partial charge in [0.15, 0.2) is 0 Å². The number of nitrogens with zero attached hydrogens (tertiary/aromatic N) is 2. The van der Waals surface area contributed by atoms with Crippen LogP contribution in [0.25, 0.3) is 5.69 Å². The molecule has 0 aliphatic carbocycles. The van der Waals surface area contributed by atoms with Gasteiger partial charge in [-0.15, -0.1) is 0 Å². The minimum Gasteiger partial charge on any atom is -0.489 e. The van der Waals surface area contributed by atoms with Crippen LogP contribution in [0.5, 0.6) is 5.75 Å². The molecule has 23 heavy (non-hydrogen) atoms. The molecule has 0 atom stereocenters. The summed E-state index contributed by atoms with van der Waals surface area (Å²) < 4.78 is 22.2. The van der Waals surface area contributed by atoms with Gasteiger partial charge in [0.2, 0.25) is 0 Å². The fourth-order valence-corrected chi connectivity index (χ4v) is 2.94. The van der Waals surface area contributed by atoms with Gasteiger partial charge in [-0.1, -0.05) is 11.6 Å². The summed E-state index contributed by atoms with van der Waals surface area (Å²) in [5.74, 6) is -0.515. The molecule has 0 bridgehead atoms. The van der Waals surface area contributed by atoms with E-state index in [-0.39, 0.29) is 22.6 Å². The fraction of sp³-hybridized carbons (Fsp3) is 0.375. The predicted octanol–water partition coefficient (Wildman–Crippen LogP) is 2.53. The minimum absolute atomic E-state index is 0.0919. The van der Waals surface area contributed by atoms with Crippen LogP contribution in [0.3, 0.4) is 0 Å². The number of hydrogen-bond donors (Lipinski definition) is 0. The summed E-state index contributed by atoms with van der Waals surface area (Å²) in [4.78, 5) is 24.8. The van der Waals surface area contributed by atoms with E-state index < -0.39 is 17.1 Å². The van der Waals surface area contributed by atoms with E-state index in [9.17, 15) is 14.0 Å². The maximum atomic E-state index is 14.3. The van der Waals surface area contributed by atoms with Gasteiger partial charge in [-0.3, -0.25) is 9.36 Å². The Kier molecular flexibility index (Phi) is 4.02. The molecule has 0 fully saturated rings. The third-order valence-electron chi connectivity index (χ3n) is 3.70. The van der Waals surface area contributed by atoms with Crippen LogP contribution in [-0.4, -0.2) is 15.2 Å². The lowest BCUT2D eigenvalue weighted by atomic mass is 10.2. The molecule has 0 saturated carbocycles. The highest BCUT2D eigenvalue weighted by Crippen LogP contribution is 2.29. The van der Waals surface area contributed by atoms with Crippen molar-refractivity contribution < 1.29 is 9.13 Å². The molecule has 1 aromatic heterocycles. The van der Waals surface area contributed by atoms with Crippen molar-refractivity contribution in [2.45, 2.75) is 39.3 Å². The summed E-state index contributed by atoms with van der Waals surface area (Å²) in [5, 5.41) is 0.0919. The first-order chi connectivity index (χ1) is 10.9. The van der Waals surface area contributed by atoms with Crippen molar-refractivity contribution in [1.29, 1.82) is 0 Å². The van der Waals surface area contributed by atoms with Gasteiger partial charge in [-0.2, -0.15) is 0 Å². The van der Waals surface area contributed by atoms with Crippen LogP contribution in [0, 0.1) is 5.82 Å². The standard InChI is InChI=1S/C16H16ClFN2O3/c1-9(2)23-14-8-13(12(18)7-11(14)17)20-15(21)6-10-4-3-5-19(10)16(20)22/h6-9H,3-5H2,1-2H3. The molecule has 7 heteroatoms. The summed E-state index contributed by atoms with van der Waals surface area (Å²) in [6, 6.07) is 3.73. The summed E-state index contributed by atoms with van der Waals surface area (Å²) in [6.07, 6.45) is 1.29. The second-order valence-electron chi connectivity index (χ2n) is 5.75. The van der Waals surface area contributed by atoms with Crippen molar-refractivity contribution in [2.75, 3.05) is 0 Å². The first-order valence-electron chi connectivity index (χ1n) is 7.40. The molecular weight excluding hydrogens is 323 g/mol. The molecule has 1 aliphatic heterocycles. The highest BCUT2D eigenvalue weighted by Gasteiger charge is 2.20. The van der Waals surface area contributed by atoms with E-state index >= 15 is 0 Å². The molecule has 5 nitrogen and oxygen atoms in total. The van der Waals surface area contributed by atoms with E-state index in [1.54, 1.807) is 13.8 Å². The number of rotatable bonds is 3. The van der Waals surface area contributed by atoms with Crippen molar-refractivity contribution in [3.05, 3.63) is 55.6 Å². The Morgan fingerprint density at radius 3 is 2.70 bits per heavy atom. The number of hydrogen-bond acceptors (Lipinski definition) is 3. The molecule has 3 rings (SSSR count). The zero-order valence-electron chi connectivity index (χ0n) is 12.8. The Morgan fingerprint density at radius 1 is 1.26 bits per heavy atom. The van der Waals surface area contributed by atoms with Crippen LogP contribution in [0.15, 0.2) is 27.8 Å². The maximum Gasteiger partial charge on any atom is 0.335 e. The molecule has 1 aliphatic rings. The first-order valence-corrected chi connectivity index (χ1v) is 7.78. The average molecular weight is 339 g/mol. The van der Waals surface area contributed by atoms with Crippen LogP contribution in [0.2, 0.25) is 5.02 Å². The summed E-state index contributed by atoms with van der Waals surface area (Å²) in [7, 11) is 0. The van der Waals surface area contributed by atoms with Gasteiger partial charge in [-0.05, 0) is 32.8 Å². The van der Waals surface area contributed by atoms with Gasteiger partial charge in [0.05, 0.1) is 16.8 Å². The monoisotopic (exact) mass is 338 g/mol. The Hall–Kier alpha value is -2.08. The largest absolute Gasteiger partial charge is 0.489 e. The Balaban J connectivity index is 2.24. The lowest BCUT2D eigenvalue weighted by molar-refractivity contribution is 0.242. The summed E-state index contributed by atoms with van der Waals surface area (Å²) in [6.45, 7) is 4.13. The van der Waals surface area contributed by atoms with Crippen molar-refractivity contribution in [3.63, 3.8) is 0 Å². The van der Waals surface area contributed by atoms with Crippen LogP contribution in [0.1, 0.15) is 26.0 Å². The van der Waals surface area contributed by atoms with Gasteiger partial charge >= 0.3 is 5.69 Å². The first kappa shape index (κ1) is 15.8. The summed E-state index contributed by atoms with van der Waals surface area (Å²) >= 11 is 5.97. The molecule has 0 N–H and O–H groups in total. The quantitative estimate of drug-likeness (QED) is 0.864. The van der Waals surface area contributed by atoms with Crippen molar-refractivity contribution >= 4 is 11.6 Å². The Labute approximate surface area is 136 Å². The van der Waals surface area contributed by atoms with Crippen LogP contribution in [0.4, 0.5) is 4.39 Å². The molecule has 0 spiro atoms. The molecule has 0 radical (unpaired) electrons. The van der Waals surface area contributed by atoms with Gasteiger partial charge < -0.3 is 4.74 Å². The highest BCUT2D eigenvalue weighted by molar-refractivity contribution is 6.32. The zero-order valence-corrected chi connectivity index (χ0v) is 13.6. The maximum absolute atomic E-state index is 14.3. The van der Waals surface area contributed by atoms with Crippen molar-refractivity contribution in [3.8, 4) is 11.4 Å². The molecular formula is C16H16ClFN2O3. The number of halogens is 2. The molecule has 0 unspecified atom stereocenters. The van der Waals surface area contributed by atoms with Gasteiger partial charge in [0, 0.05) is 24.4 Å². The van der Waals surface area contributed by atoms with E-state index in [4.69, 9.17) is 16.3 Å². The molecule has 0 amide bonds. The average Bonchev–Trinajstić information content (AvgIpc) is 2.91. The third-order valence-corrected chi connectivity index (χ3v) is 3.99. The van der Waals surface area contributed by atoms with E-state index in [0.717, 1.165) is 17.1 Å². The zero-order chi connectivity index (χ0) is 16.7. The predicted molar refractivity (Wildman–Crippen MR) is 85.4 cm³/mol. The third kappa shape index (κ3) is 2.79. The molecule has 2 heterocycles. The Morgan fingerprint density at radius 2 is 2.00 bits per heavy atom. The molecule has 1 aromatic carbocycles. The Bertz CT molecular complexity index is 886. The summed E-state index contributed by atoms with van der Waals surface area (Å²) in [5.41, 5.74) is -0.562. The van der Waals surface area contributed by atoms with Crippen LogP contribution >= 0.6 is 11.6 Å². The minimum atomic E-state index is -0.746. The van der Waals surface area contributed by atoms with Gasteiger partial charge in [-0.25, -0.2) is 13.8 Å². The van der Waals surface area contributed by atoms with Crippen LogP contribution in [-0.2, 0) is 13.0 Å². The van der Waals surface area contributed by atoms with E-state index in [1.807, 2.05) is 0 Å². The molecule has 0 saturated heterocycles. The van der Waals surface area contributed by atoms with Crippen molar-refractivity contribution in [2.24, 2.45) is 0 Å². The second kappa shape index (κ2) is 5.85. The number of aromatic nitrogens is 2. The number of benzene rings is 1. The van der Waals surface area contributed by atoms with E-state index in [2.05, 4.69) is 0 Å². The van der Waals surface area contributed by atoms with Crippen LogP contribution < -0.4 is 16.0 Å². The molecule has 122 valence electrons. The number of ether oxygens (including phenoxy) is 1. The number of fused-ring (bicyclic) bond motifs is 1. The smallest absolute Gasteiger partial charge is 0.335 e. The van der Waals surface area contributed by atoms with E-state index in [0.29, 0.717) is 18.7 Å². The lowest BCUT2D eigenvalue weighted by Gasteiger charge is -2.15. The highest BCUT2D eigenvalue weighted by atomic mass is 35.5. The second-order valence-corrected chi connectivity index (χ2v) is 6.15. The van der Waals surface area contributed by atoms with E-state index in [1.165, 1.54) is 16.7 Å². The van der Waals surface area contributed by atoms with Gasteiger partial charge in [0.25, 0.3) is 5.56 Å². The number of aryl methyl sites for hydroxylation is 1. The molecule has 2 aromatic rings. The fourth-order valence-electron chi connectivity index (χ4n) is 2.74. The lowest BCUT2D eigenvalue weighted by Crippen LogP contribution is -2.38. The topological polar surface area (TPSA) is 53.2 Å². The van der Waals surface area contributed by atoms with Crippen molar-refractivity contribution in [1.82, 2.24) is 9.13 Å². The SMILES string of the molecule is CC(C)Oc1cc(-n2c(=O)cc3n(c2=O)CCC3)c(F)cc1Cl.